The average Bonchev–Trinajstić information content (AvgIpc) is 2.89. The molecule has 2 rings (SSSR count). The van der Waals surface area contributed by atoms with Crippen LogP contribution in [0.2, 0.25) is 0 Å². The molecule has 1 unspecified atom stereocenters. The monoisotopic (exact) mass is 352 g/mol. The van der Waals surface area contributed by atoms with E-state index < -0.39 is 17.5 Å². The first kappa shape index (κ1) is 15.7. The van der Waals surface area contributed by atoms with Crippen LogP contribution >= 0.6 is 15.9 Å². The molecule has 2 aromatic heterocycles. The first-order valence-corrected chi connectivity index (χ1v) is 7.30. The number of carbonyl (C=O) groups excluding carboxylic acids is 1. The molecule has 0 bridgehead atoms. The molecule has 0 radical (unpaired) electrons. The van der Waals surface area contributed by atoms with E-state index in [1.807, 2.05) is 42.9 Å². The summed E-state index contributed by atoms with van der Waals surface area (Å²) < 4.78 is 7.67. The Morgan fingerprint density at radius 1 is 1.48 bits per heavy atom. The lowest BCUT2D eigenvalue weighted by molar-refractivity contribution is -0.150. The van der Waals surface area contributed by atoms with E-state index in [0.29, 0.717) is 16.9 Å². The molecule has 0 aliphatic heterocycles. The van der Waals surface area contributed by atoms with Gasteiger partial charge in [-0.25, -0.2) is 9.78 Å². The largest absolute Gasteiger partial charge is 0.424 e. The molecule has 0 saturated heterocycles. The van der Waals surface area contributed by atoms with Crippen molar-refractivity contribution in [3.63, 3.8) is 0 Å². The van der Waals surface area contributed by atoms with Gasteiger partial charge in [-0.05, 0) is 34.1 Å². The van der Waals surface area contributed by atoms with Crippen LogP contribution in [0.1, 0.15) is 13.8 Å². The number of aliphatic hydroxyl groups is 1. The molecule has 1 atom stereocenters. The Bertz CT molecular complexity index is 611. The standard InChI is InChI=1S/C15H17BrN2O3/c1-15(2,10-18-7-3-4-8-18)13(19)14(20)21-11-5-6-17-12(16)9-11/h3-9,13,19H,10H2,1-2H3. The summed E-state index contributed by atoms with van der Waals surface area (Å²) in [5.74, 6) is -0.331. The third kappa shape index (κ3) is 4.15. The molecule has 0 aromatic carbocycles. The normalized spacial score (nSPS) is 13.0. The SMILES string of the molecule is CC(C)(Cn1cccc1)C(O)C(=O)Oc1ccnc(Br)c1. The Labute approximate surface area is 131 Å². The molecule has 0 saturated carbocycles. The van der Waals surface area contributed by atoms with Crippen molar-refractivity contribution in [3.05, 3.63) is 47.5 Å². The molecule has 2 aromatic rings. The minimum Gasteiger partial charge on any atom is -0.424 e. The summed E-state index contributed by atoms with van der Waals surface area (Å²) in [6.07, 6.45) is 4.07. The van der Waals surface area contributed by atoms with Crippen LogP contribution in [0.3, 0.4) is 0 Å². The summed E-state index contributed by atoms with van der Waals surface area (Å²) in [4.78, 5) is 16.0. The van der Waals surface area contributed by atoms with E-state index in [1.165, 1.54) is 6.20 Å². The van der Waals surface area contributed by atoms with Crippen LogP contribution in [0.25, 0.3) is 0 Å². The third-order valence-corrected chi connectivity index (χ3v) is 3.57. The number of ether oxygens (including phenoxy) is 1. The zero-order chi connectivity index (χ0) is 15.5. The zero-order valence-corrected chi connectivity index (χ0v) is 13.4. The lowest BCUT2D eigenvalue weighted by Crippen LogP contribution is -2.41. The number of halogens is 1. The Morgan fingerprint density at radius 3 is 2.76 bits per heavy atom. The van der Waals surface area contributed by atoms with Crippen LogP contribution in [0.4, 0.5) is 0 Å². The summed E-state index contributed by atoms with van der Waals surface area (Å²) in [5.41, 5.74) is -0.652. The van der Waals surface area contributed by atoms with Gasteiger partial charge in [0, 0.05) is 36.6 Å². The van der Waals surface area contributed by atoms with E-state index in [1.54, 1.807) is 12.1 Å². The molecule has 1 N–H and O–H groups in total. The molecule has 112 valence electrons. The molecule has 0 fully saturated rings. The van der Waals surface area contributed by atoms with Crippen molar-refractivity contribution in [2.24, 2.45) is 5.41 Å². The summed E-state index contributed by atoms with van der Waals surface area (Å²) in [6.45, 7) is 4.15. The second kappa shape index (κ2) is 6.41. The maximum Gasteiger partial charge on any atom is 0.340 e. The molecule has 0 aliphatic carbocycles. The molecular weight excluding hydrogens is 336 g/mol. The Hall–Kier alpha value is -1.66. The highest BCUT2D eigenvalue weighted by Crippen LogP contribution is 2.25. The minimum absolute atomic E-state index is 0.345. The molecular formula is C15H17BrN2O3. The number of pyridine rings is 1. The zero-order valence-electron chi connectivity index (χ0n) is 11.9. The van der Waals surface area contributed by atoms with Crippen molar-refractivity contribution in [2.45, 2.75) is 26.5 Å². The van der Waals surface area contributed by atoms with Crippen molar-refractivity contribution < 1.29 is 14.6 Å². The summed E-state index contributed by atoms with van der Waals surface area (Å²) in [5, 5.41) is 10.3. The molecule has 0 aliphatic rings. The quantitative estimate of drug-likeness (QED) is 0.663. The van der Waals surface area contributed by atoms with Crippen LogP contribution in [-0.4, -0.2) is 26.7 Å². The van der Waals surface area contributed by atoms with Gasteiger partial charge in [-0.1, -0.05) is 13.8 Å². The number of hydrogen-bond donors (Lipinski definition) is 1. The fraction of sp³-hybridized carbons (Fsp3) is 0.333. The van der Waals surface area contributed by atoms with E-state index in [0.717, 1.165) is 0 Å². The summed E-state index contributed by atoms with van der Waals surface area (Å²) in [7, 11) is 0. The second-order valence-corrected chi connectivity index (χ2v) is 6.29. The molecule has 21 heavy (non-hydrogen) atoms. The van der Waals surface area contributed by atoms with Gasteiger partial charge in [0.2, 0.25) is 0 Å². The minimum atomic E-state index is -1.23. The first-order valence-electron chi connectivity index (χ1n) is 6.50. The van der Waals surface area contributed by atoms with Gasteiger partial charge in [-0.2, -0.15) is 0 Å². The fourth-order valence-corrected chi connectivity index (χ4v) is 2.32. The van der Waals surface area contributed by atoms with Gasteiger partial charge in [0.15, 0.2) is 6.10 Å². The molecule has 5 nitrogen and oxygen atoms in total. The molecule has 0 amide bonds. The van der Waals surface area contributed by atoms with Gasteiger partial charge in [0.25, 0.3) is 0 Å². The Kier molecular flexibility index (Phi) is 4.80. The number of esters is 1. The van der Waals surface area contributed by atoms with Crippen molar-refractivity contribution >= 4 is 21.9 Å². The maximum atomic E-state index is 12.1. The van der Waals surface area contributed by atoms with Crippen LogP contribution in [0.5, 0.6) is 5.75 Å². The lowest BCUT2D eigenvalue weighted by Gasteiger charge is -2.29. The highest BCUT2D eigenvalue weighted by Gasteiger charge is 2.35. The number of hydrogen-bond acceptors (Lipinski definition) is 4. The van der Waals surface area contributed by atoms with Crippen LogP contribution < -0.4 is 4.74 Å². The van der Waals surface area contributed by atoms with Crippen molar-refractivity contribution in [1.82, 2.24) is 9.55 Å². The van der Waals surface area contributed by atoms with Gasteiger partial charge < -0.3 is 14.4 Å². The number of carbonyl (C=O) groups is 1. The van der Waals surface area contributed by atoms with Gasteiger partial charge in [0.05, 0.1) is 0 Å². The molecule has 0 spiro atoms. The topological polar surface area (TPSA) is 64.4 Å². The van der Waals surface area contributed by atoms with Crippen molar-refractivity contribution in [2.75, 3.05) is 0 Å². The first-order chi connectivity index (χ1) is 9.88. The van der Waals surface area contributed by atoms with Crippen LogP contribution in [0, 0.1) is 5.41 Å². The molecule has 6 heteroatoms. The predicted octanol–water partition coefficient (Wildman–Crippen LogP) is 2.64. The van der Waals surface area contributed by atoms with Gasteiger partial charge in [-0.15, -0.1) is 0 Å². The fourth-order valence-electron chi connectivity index (χ4n) is 1.97. The third-order valence-electron chi connectivity index (χ3n) is 3.14. The van der Waals surface area contributed by atoms with Crippen LogP contribution in [-0.2, 0) is 11.3 Å². The van der Waals surface area contributed by atoms with Gasteiger partial charge in [0.1, 0.15) is 10.4 Å². The van der Waals surface area contributed by atoms with Crippen molar-refractivity contribution in [3.8, 4) is 5.75 Å². The van der Waals surface area contributed by atoms with Gasteiger partial charge >= 0.3 is 5.97 Å². The predicted molar refractivity (Wildman–Crippen MR) is 81.8 cm³/mol. The highest BCUT2D eigenvalue weighted by molar-refractivity contribution is 9.10. The van der Waals surface area contributed by atoms with E-state index in [9.17, 15) is 9.90 Å². The Balaban J connectivity index is 2.04. The lowest BCUT2D eigenvalue weighted by atomic mass is 9.86. The smallest absolute Gasteiger partial charge is 0.340 e. The van der Waals surface area contributed by atoms with Gasteiger partial charge in [-0.3, -0.25) is 0 Å². The second-order valence-electron chi connectivity index (χ2n) is 5.48. The number of aliphatic hydroxyl groups excluding tert-OH is 1. The van der Waals surface area contributed by atoms with E-state index in [4.69, 9.17) is 4.74 Å². The number of nitrogens with zero attached hydrogens (tertiary/aromatic N) is 2. The van der Waals surface area contributed by atoms with E-state index in [-0.39, 0.29) is 0 Å². The summed E-state index contributed by atoms with van der Waals surface area (Å²) >= 11 is 3.20. The number of rotatable bonds is 5. The summed E-state index contributed by atoms with van der Waals surface area (Å²) in [6, 6.07) is 6.93. The van der Waals surface area contributed by atoms with Crippen molar-refractivity contribution in [1.29, 1.82) is 0 Å². The molecule has 2 heterocycles. The highest BCUT2D eigenvalue weighted by atomic mass is 79.9. The number of aromatic nitrogens is 2. The maximum absolute atomic E-state index is 12.1. The van der Waals surface area contributed by atoms with E-state index in [2.05, 4.69) is 20.9 Å². The Morgan fingerprint density at radius 2 is 2.14 bits per heavy atom. The van der Waals surface area contributed by atoms with E-state index >= 15 is 0 Å². The van der Waals surface area contributed by atoms with Crippen LogP contribution in [0.15, 0.2) is 47.5 Å². The average molecular weight is 353 g/mol.